The van der Waals surface area contributed by atoms with Crippen molar-refractivity contribution in [1.29, 1.82) is 0 Å². The molecule has 0 saturated carbocycles. The predicted molar refractivity (Wildman–Crippen MR) is 56.2 cm³/mol. The van der Waals surface area contributed by atoms with Crippen LogP contribution in [0, 0.1) is 0 Å². The van der Waals surface area contributed by atoms with Crippen LogP contribution in [0.1, 0.15) is 19.0 Å². The van der Waals surface area contributed by atoms with Crippen LogP contribution in [-0.2, 0) is 16.0 Å². The lowest BCUT2D eigenvalue weighted by Crippen LogP contribution is -2.27. The van der Waals surface area contributed by atoms with E-state index in [4.69, 9.17) is 0 Å². The maximum Gasteiger partial charge on any atom is 0.227 e. The number of carbonyl (C=O) groups excluding carboxylic acids is 2. The van der Waals surface area contributed by atoms with Crippen molar-refractivity contribution in [2.45, 2.75) is 19.8 Å². The van der Waals surface area contributed by atoms with Crippen LogP contribution in [0.5, 0.6) is 0 Å². The molecule has 4 heteroatoms. The molecule has 1 amide bonds. The Morgan fingerprint density at radius 2 is 2.20 bits per heavy atom. The van der Waals surface area contributed by atoms with Crippen LogP contribution >= 0.6 is 0 Å². The summed E-state index contributed by atoms with van der Waals surface area (Å²) < 4.78 is 0. The SMILES string of the molecule is CC(=O)CC(=O)NCCc1ccccn1. The number of pyridine rings is 1. The molecule has 0 spiro atoms. The first-order valence-electron chi connectivity index (χ1n) is 4.84. The summed E-state index contributed by atoms with van der Waals surface area (Å²) in [5.41, 5.74) is 0.931. The molecule has 0 atom stereocenters. The van der Waals surface area contributed by atoms with Crippen LogP contribution in [0.2, 0.25) is 0 Å². The van der Waals surface area contributed by atoms with E-state index in [1.54, 1.807) is 6.20 Å². The minimum atomic E-state index is -0.224. The second-order valence-electron chi connectivity index (χ2n) is 3.30. The molecule has 1 N–H and O–H groups in total. The molecule has 15 heavy (non-hydrogen) atoms. The maximum absolute atomic E-state index is 11.1. The Bertz CT molecular complexity index is 336. The summed E-state index contributed by atoms with van der Waals surface area (Å²) in [6, 6.07) is 5.65. The Kier molecular flexibility index (Phi) is 4.47. The number of carbonyl (C=O) groups is 2. The number of rotatable bonds is 5. The lowest BCUT2D eigenvalue weighted by molar-refractivity contribution is -0.127. The summed E-state index contributed by atoms with van der Waals surface area (Å²) >= 11 is 0. The van der Waals surface area contributed by atoms with Gasteiger partial charge >= 0.3 is 0 Å². The van der Waals surface area contributed by atoms with Crippen LogP contribution in [0.15, 0.2) is 24.4 Å². The first-order chi connectivity index (χ1) is 7.18. The number of hydrogen-bond acceptors (Lipinski definition) is 3. The van der Waals surface area contributed by atoms with Gasteiger partial charge in [-0.05, 0) is 19.1 Å². The molecule has 4 nitrogen and oxygen atoms in total. The van der Waals surface area contributed by atoms with E-state index < -0.39 is 0 Å². The second kappa shape index (κ2) is 5.90. The first kappa shape index (κ1) is 11.4. The van der Waals surface area contributed by atoms with E-state index in [0.717, 1.165) is 5.69 Å². The molecule has 0 fully saturated rings. The normalized spacial score (nSPS) is 9.67. The molecule has 1 aromatic heterocycles. The van der Waals surface area contributed by atoms with Crippen molar-refractivity contribution in [3.63, 3.8) is 0 Å². The summed E-state index contributed by atoms with van der Waals surface area (Å²) in [5.74, 6) is -0.344. The molecule has 80 valence electrons. The molecule has 1 aromatic rings. The van der Waals surface area contributed by atoms with Crippen molar-refractivity contribution in [2.24, 2.45) is 0 Å². The van der Waals surface area contributed by atoms with E-state index in [-0.39, 0.29) is 18.1 Å². The highest BCUT2D eigenvalue weighted by Crippen LogP contribution is 1.93. The average Bonchev–Trinajstić information content (AvgIpc) is 2.18. The van der Waals surface area contributed by atoms with E-state index in [0.29, 0.717) is 13.0 Å². The monoisotopic (exact) mass is 206 g/mol. The first-order valence-corrected chi connectivity index (χ1v) is 4.84. The van der Waals surface area contributed by atoms with Gasteiger partial charge in [0.2, 0.25) is 5.91 Å². The Labute approximate surface area is 88.7 Å². The van der Waals surface area contributed by atoms with E-state index >= 15 is 0 Å². The zero-order chi connectivity index (χ0) is 11.1. The molecule has 0 unspecified atom stereocenters. The van der Waals surface area contributed by atoms with Gasteiger partial charge in [0, 0.05) is 24.9 Å². The highest BCUT2D eigenvalue weighted by molar-refractivity contribution is 5.96. The fraction of sp³-hybridized carbons (Fsp3) is 0.364. The third-order valence-corrected chi connectivity index (χ3v) is 1.84. The summed E-state index contributed by atoms with van der Waals surface area (Å²) in [6.07, 6.45) is 2.36. The summed E-state index contributed by atoms with van der Waals surface area (Å²) in [4.78, 5) is 25.8. The highest BCUT2D eigenvalue weighted by atomic mass is 16.2. The zero-order valence-electron chi connectivity index (χ0n) is 8.69. The lowest BCUT2D eigenvalue weighted by Gasteiger charge is -2.02. The Balaban J connectivity index is 2.22. The fourth-order valence-electron chi connectivity index (χ4n) is 1.16. The number of aromatic nitrogens is 1. The standard InChI is InChI=1S/C11H14N2O2/c1-9(14)8-11(15)13-7-5-10-4-2-3-6-12-10/h2-4,6H,5,7-8H2,1H3,(H,13,15). The van der Waals surface area contributed by atoms with E-state index in [9.17, 15) is 9.59 Å². The van der Waals surface area contributed by atoms with Gasteiger partial charge in [-0.15, -0.1) is 0 Å². The molecule has 0 aliphatic carbocycles. The molecular formula is C11H14N2O2. The number of nitrogens with zero attached hydrogens (tertiary/aromatic N) is 1. The highest BCUT2D eigenvalue weighted by Gasteiger charge is 2.03. The minimum absolute atomic E-state index is 0.0395. The Morgan fingerprint density at radius 1 is 1.40 bits per heavy atom. The van der Waals surface area contributed by atoms with Crippen molar-refractivity contribution in [2.75, 3.05) is 6.54 Å². The molecule has 0 saturated heterocycles. The second-order valence-corrected chi connectivity index (χ2v) is 3.30. The summed E-state index contributed by atoms with van der Waals surface area (Å²) in [5, 5.41) is 2.66. The minimum Gasteiger partial charge on any atom is -0.355 e. The van der Waals surface area contributed by atoms with Crippen molar-refractivity contribution in [3.8, 4) is 0 Å². The summed E-state index contributed by atoms with van der Waals surface area (Å²) in [7, 11) is 0. The van der Waals surface area contributed by atoms with Crippen molar-refractivity contribution in [3.05, 3.63) is 30.1 Å². The van der Waals surface area contributed by atoms with E-state index in [1.807, 2.05) is 18.2 Å². The van der Waals surface area contributed by atoms with Gasteiger partial charge in [-0.3, -0.25) is 14.6 Å². The van der Waals surface area contributed by atoms with Crippen molar-refractivity contribution in [1.82, 2.24) is 10.3 Å². The number of hydrogen-bond donors (Lipinski definition) is 1. The van der Waals surface area contributed by atoms with Gasteiger partial charge in [-0.2, -0.15) is 0 Å². The van der Waals surface area contributed by atoms with E-state index in [1.165, 1.54) is 6.92 Å². The van der Waals surface area contributed by atoms with Gasteiger partial charge in [0.1, 0.15) is 5.78 Å². The molecule has 0 aliphatic heterocycles. The smallest absolute Gasteiger partial charge is 0.227 e. The fourth-order valence-corrected chi connectivity index (χ4v) is 1.16. The maximum atomic E-state index is 11.1. The Hall–Kier alpha value is -1.71. The summed E-state index contributed by atoms with van der Waals surface area (Å²) in [6.45, 7) is 1.92. The zero-order valence-corrected chi connectivity index (χ0v) is 8.69. The van der Waals surface area contributed by atoms with Gasteiger partial charge in [0.25, 0.3) is 0 Å². The third-order valence-electron chi connectivity index (χ3n) is 1.84. The number of Topliss-reactive ketones (excluding diaryl/α,β-unsaturated/α-hetero) is 1. The van der Waals surface area contributed by atoms with Crippen LogP contribution in [-0.4, -0.2) is 23.2 Å². The van der Waals surface area contributed by atoms with E-state index in [2.05, 4.69) is 10.3 Å². The van der Waals surface area contributed by atoms with Gasteiger partial charge < -0.3 is 5.32 Å². The molecule has 1 heterocycles. The quantitative estimate of drug-likeness (QED) is 0.722. The van der Waals surface area contributed by atoms with Crippen LogP contribution in [0.25, 0.3) is 0 Å². The number of ketones is 1. The number of amides is 1. The van der Waals surface area contributed by atoms with Crippen molar-refractivity contribution < 1.29 is 9.59 Å². The lowest BCUT2D eigenvalue weighted by atomic mass is 10.2. The van der Waals surface area contributed by atoms with Gasteiger partial charge in [0.05, 0.1) is 6.42 Å². The average molecular weight is 206 g/mol. The molecule has 0 bridgehead atoms. The molecule has 0 radical (unpaired) electrons. The largest absolute Gasteiger partial charge is 0.355 e. The van der Waals surface area contributed by atoms with Crippen LogP contribution < -0.4 is 5.32 Å². The van der Waals surface area contributed by atoms with Gasteiger partial charge in [-0.25, -0.2) is 0 Å². The van der Waals surface area contributed by atoms with Gasteiger partial charge in [-0.1, -0.05) is 6.07 Å². The third kappa shape index (κ3) is 4.90. The number of nitrogens with one attached hydrogen (secondary N) is 1. The van der Waals surface area contributed by atoms with Crippen LogP contribution in [0.4, 0.5) is 0 Å². The molecule has 0 aromatic carbocycles. The molecular weight excluding hydrogens is 192 g/mol. The molecule has 1 rings (SSSR count). The Morgan fingerprint density at radius 3 is 2.80 bits per heavy atom. The molecule has 0 aliphatic rings. The van der Waals surface area contributed by atoms with Crippen LogP contribution in [0.3, 0.4) is 0 Å². The van der Waals surface area contributed by atoms with Gasteiger partial charge in [0.15, 0.2) is 0 Å². The topological polar surface area (TPSA) is 59.1 Å². The predicted octanol–water partition coefficient (Wildman–Crippen LogP) is 0.719. The van der Waals surface area contributed by atoms with Crippen molar-refractivity contribution >= 4 is 11.7 Å².